The number of aryl methyl sites for hydroxylation is 2. The third kappa shape index (κ3) is 0.841. The molecule has 0 aliphatic carbocycles. The van der Waals surface area contributed by atoms with E-state index in [-0.39, 0.29) is 0 Å². The Hall–Kier alpha value is -1.32. The van der Waals surface area contributed by atoms with Gasteiger partial charge >= 0.3 is 0 Å². The minimum absolute atomic E-state index is 0.871. The predicted octanol–water partition coefficient (Wildman–Crippen LogP) is 0.0337. The average molecular weight is 165 g/mol. The number of rotatable bonds is 0. The van der Waals surface area contributed by atoms with Crippen LogP contribution in [0.4, 0.5) is 11.5 Å². The molecule has 0 saturated carbocycles. The minimum atomic E-state index is 0.871. The van der Waals surface area contributed by atoms with Crippen LogP contribution in [0.1, 0.15) is 5.69 Å². The smallest absolute Gasteiger partial charge is 0.251 e. The normalized spacial score (nSPS) is 14.4. The molecule has 0 unspecified atom stereocenters. The summed E-state index contributed by atoms with van der Waals surface area (Å²) in [5.41, 5.74) is 2.22. The topological polar surface area (TPSA) is 32.0 Å². The molecule has 64 valence electrons. The highest BCUT2D eigenvalue weighted by Gasteiger charge is 2.26. The number of fused-ring (bicyclic) bond motifs is 1. The number of hydrogen-bond acceptors (Lipinski definition) is 3. The summed E-state index contributed by atoms with van der Waals surface area (Å²) in [4.78, 5) is 6.43. The molecule has 1 aromatic rings. The third-order valence-electron chi connectivity index (χ3n) is 2.20. The lowest BCUT2D eigenvalue weighted by molar-refractivity contribution is -0.660. The van der Waals surface area contributed by atoms with Crippen molar-refractivity contribution in [2.45, 2.75) is 6.92 Å². The van der Waals surface area contributed by atoms with Gasteiger partial charge in [-0.2, -0.15) is 0 Å². The molecule has 4 heteroatoms. The van der Waals surface area contributed by atoms with Crippen LogP contribution in [0.2, 0.25) is 0 Å². The number of anilines is 2. The van der Waals surface area contributed by atoms with E-state index >= 15 is 0 Å². The fourth-order valence-corrected chi connectivity index (χ4v) is 1.57. The molecule has 0 bridgehead atoms. The second-order valence-electron chi connectivity index (χ2n) is 3.17. The molecule has 0 aromatic carbocycles. The zero-order valence-corrected chi connectivity index (χ0v) is 7.63. The summed E-state index contributed by atoms with van der Waals surface area (Å²) >= 11 is 0. The van der Waals surface area contributed by atoms with Crippen LogP contribution in [0, 0.1) is 6.92 Å². The van der Waals surface area contributed by atoms with E-state index in [0.717, 1.165) is 18.1 Å². The van der Waals surface area contributed by atoms with Crippen LogP contribution in [0.15, 0.2) is 6.33 Å². The van der Waals surface area contributed by atoms with E-state index in [1.807, 2.05) is 24.9 Å². The molecule has 0 spiro atoms. The first-order valence-electron chi connectivity index (χ1n) is 4.00. The van der Waals surface area contributed by atoms with Crippen molar-refractivity contribution in [3.63, 3.8) is 0 Å². The minimum Gasteiger partial charge on any atom is -0.348 e. The zero-order valence-electron chi connectivity index (χ0n) is 7.63. The molecule has 1 N–H and O–H groups in total. The van der Waals surface area contributed by atoms with Crippen molar-refractivity contribution in [2.24, 2.45) is 7.05 Å². The molecule has 1 aliphatic rings. The van der Waals surface area contributed by atoms with E-state index in [1.54, 1.807) is 0 Å². The van der Waals surface area contributed by atoms with Crippen molar-refractivity contribution < 1.29 is 4.57 Å². The maximum Gasteiger partial charge on any atom is 0.251 e. The highest BCUT2D eigenvalue weighted by atomic mass is 15.3. The highest BCUT2D eigenvalue weighted by molar-refractivity contribution is 5.69. The van der Waals surface area contributed by atoms with Gasteiger partial charge in [0, 0.05) is 0 Å². The summed E-state index contributed by atoms with van der Waals surface area (Å²) in [6.45, 7) is 2.89. The molecule has 1 aliphatic heterocycles. The molecule has 12 heavy (non-hydrogen) atoms. The quantitative estimate of drug-likeness (QED) is 0.551. The lowest BCUT2D eigenvalue weighted by atomic mass is 10.3. The Morgan fingerprint density at radius 1 is 1.67 bits per heavy atom. The number of aromatic nitrogens is 2. The first-order valence-corrected chi connectivity index (χ1v) is 4.00. The van der Waals surface area contributed by atoms with Crippen molar-refractivity contribution >= 4 is 11.5 Å². The summed E-state index contributed by atoms with van der Waals surface area (Å²) < 4.78 is 2.03. The van der Waals surface area contributed by atoms with Gasteiger partial charge in [-0.3, -0.25) is 4.90 Å². The number of nitrogens with zero attached hydrogens (tertiary/aromatic N) is 3. The molecule has 2 heterocycles. The molecular weight excluding hydrogens is 152 g/mol. The maximum atomic E-state index is 4.26. The summed E-state index contributed by atoms with van der Waals surface area (Å²) in [6, 6.07) is 0. The van der Waals surface area contributed by atoms with E-state index in [4.69, 9.17) is 0 Å². The molecular formula is C8H13N4+. The second kappa shape index (κ2) is 2.33. The summed E-state index contributed by atoms with van der Waals surface area (Å²) in [5.74, 6) is 1.21. The maximum absolute atomic E-state index is 4.26. The number of nitrogens with one attached hydrogen (secondary N) is 1. The van der Waals surface area contributed by atoms with Crippen molar-refractivity contribution in [1.82, 2.24) is 4.98 Å². The van der Waals surface area contributed by atoms with Crippen LogP contribution in [0.3, 0.4) is 0 Å². The summed E-state index contributed by atoms with van der Waals surface area (Å²) in [7, 11) is 4.08. The Labute approximate surface area is 71.8 Å². The first-order chi connectivity index (χ1) is 5.70. The second-order valence-corrected chi connectivity index (χ2v) is 3.17. The van der Waals surface area contributed by atoms with Crippen molar-refractivity contribution in [2.75, 3.05) is 23.9 Å². The van der Waals surface area contributed by atoms with E-state index in [2.05, 4.69) is 22.2 Å². The third-order valence-corrected chi connectivity index (χ3v) is 2.20. The van der Waals surface area contributed by atoms with Gasteiger partial charge in [-0.15, -0.1) is 4.98 Å². The van der Waals surface area contributed by atoms with E-state index in [1.165, 1.54) is 5.82 Å². The lowest BCUT2D eigenvalue weighted by Crippen LogP contribution is -2.35. The number of hydrogen-bond donors (Lipinski definition) is 1. The molecule has 0 radical (unpaired) electrons. The summed E-state index contributed by atoms with van der Waals surface area (Å²) in [6.07, 6.45) is 1.84. The van der Waals surface area contributed by atoms with Gasteiger partial charge in [-0.25, -0.2) is 4.57 Å². The van der Waals surface area contributed by atoms with Crippen molar-refractivity contribution in [1.29, 1.82) is 0 Å². The Balaban J connectivity index is 2.64. The average Bonchev–Trinajstić information content (AvgIpc) is 2.42. The Kier molecular flexibility index (Phi) is 1.43. The first kappa shape index (κ1) is 7.34. The monoisotopic (exact) mass is 165 g/mol. The van der Waals surface area contributed by atoms with E-state index in [0.29, 0.717) is 0 Å². The predicted molar refractivity (Wildman–Crippen MR) is 47.0 cm³/mol. The molecule has 4 nitrogen and oxygen atoms in total. The SMILES string of the molecule is Cc1nc[n+](C)c2c1NCN2C. The fourth-order valence-electron chi connectivity index (χ4n) is 1.57. The van der Waals surface area contributed by atoms with Gasteiger partial charge in [0.05, 0.1) is 14.1 Å². The molecule has 1 aromatic heterocycles. The fraction of sp³-hybridized carbons (Fsp3) is 0.500. The van der Waals surface area contributed by atoms with Crippen LogP contribution in [0.5, 0.6) is 0 Å². The Morgan fingerprint density at radius 2 is 2.42 bits per heavy atom. The standard InChI is InChI=1S/C8H13N4/c1-6-7-8(11(2)4-9-6)12(3)5-10-7/h4,10H,5H2,1-3H3/q+1. The van der Waals surface area contributed by atoms with Crippen LogP contribution < -0.4 is 14.8 Å². The molecule has 2 rings (SSSR count). The Morgan fingerprint density at radius 3 is 3.08 bits per heavy atom. The van der Waals surface area contributed by atoms with Gasteiger partial charge in [0.25, 0.3) is 5.82 Å². The van der Waals surface area contributed by atoms with Gasteiger partial charge in [0.15, 0.2) is 0 Å². The van der Waals surface area contributed by atoms with Crippen LogP contribution in [0.25, 0.3) is 0 Å². The molecule has 0 atom stereocenters. The van der Waals surface area contributed by atoms with Crippen LogP contribution >= 0.6 is 0 Å². The lowest BCUT2D eigenvalue weighted by Gasteiger charge is -2.06. The molecule has 0 saturated heterocycles. The van der Waals surface area contributed by atoms with Crippen LogP contribution in [-0.2, 0) is 7.05 Å². The van der Waals surface area contributed by atoms with Gasteiger partial charge in [0.1, 0.15) is 18.1 Å². The van der Waals surface area contributed by atoms with Crippen molar-refractivity contribution in [3.05, 3.63) is 12.0 Å². The Bertz CT molecular complexity index is 321. The van der Waals surface area contributed by atoms with Crippen LogP contribution in [-0.4, -0.2) is 18.7 Å². The van der Waals surface area contributed by atoms with Gasteiger partial charge in [-0.05, 0) is 6.92 Å². The largest absolute Gasteiger partial charge is 0.348 e. The van der Waals surface area contributed by atoms with E-state index < -0.39 is 0 Å². The zero-order chi connectivity index (χ0) is 8.72. The van der Waals surface area contributed by atoms with E-state index in [9.17, 15) is 0 Å². The van der Waals surface area contributed by atoms with Gasteiger partial charge < -0.3 is 5.32 Å². The highest BCUT2D eigenvalue weighted by Crippen LogP contribution is 2.27. The summed E-state index contributed by atoms with van der Waals surface area (Å²) in [5, 5.41) is 3.30. The van der Waals surface area contributed by atoms with Gasteiger partial charge in [-0.1, -0.05) is 0 Å². The van der Waals surface area contributed by atoms with Crippen molar-refractivity contribution in [3.8, 4) is 0 Å². The molecule has 0 fully saturated rings. The molecule has 0 amide bonds. The van der Waals surface area contributed by atoms with Gasteiger partial charge in [0.2, 0.25) is 6.33 Å².